The number of aromatic nitrogens is 4. The largest absolute Gasteiger partial charge is 0.380 e. The van der Waals surface area contributed by atoms with Crippen molar-refractivity contribution < 1.29 is 0 Å². The topological polar surface area (TPSA) is 140 Å². The van der Waals surface area contributed by atoms with Gasteiger partial charge in [0.05, 0.1) is 22.1 Å². The van der Waals surface area contributed by atoms with Gasteiger partial charge in [0, 0.05) is 117 Å². The number of aromatic amines is 2. The monoisotopic (exact) mass is 1210 g/mol. The van der Waals surface area contributed by atoms with Crippen molar-refractivity contribution in [1.82, 2.24) is 19.1 Å². The smallest absolute Gasteiger partial charge is 0.253 e. The van der Waals surface area contributed by atoms with Crippen LogP contribution in [0.5, 0.6) is 0 Å². The van der Waals surface area contributed by atoms with Gasteiger partial charge in [-0.3, -0.25) is 19.2 Å². The van der Waals surface area contributed by atoms with Gasteiger partial charge in [0.25, 0.3) is 22.2 Å². The van der Waals surface area contributed by atoms with Gasteiger partial charge in [-0.05, 0) is 279 Å². The van der Waals surface area contributed by atoms with E-state index in [0.29, 0.717) is 23.7 Å². The lowest BCUT2D eigenvalue weighted by molar-refractivity contribution is 0.395. The van der Waals surface area contributed by atoms with Crippen LogP contribution in [0.15, 0.2) is 43.4 Å². The number of H-pyrrole nitrogens is 2. The third-order valence-corrected chi connectivity index (χ3v) is 22.0. The Morgan fingerprint density at radius 2 is 0.674 bits per heavy atom. The Bertz CT molecular complexity index is 4480. The number of hydrogen-bond donors (Lipinski definition) is 4. The maximum Gasteiger partial charge on any atom is 0.253 e. The van der Waals surface area contributed by atoms with Gasteiger partial charge in [0.2, 0.25) is 0 Å². The van der Waals surface area contributed by atoms with Crippen LogP contribution >= 0.6 is 0 Å². The second-order valence-electron chi connectivity index (χ2n) is 30.3. The van der Waals surface area contributed by atoms with Crippen molar-refractivity contribution in [3.63, 3.8) is 0 Å². The molecule has 4 aromatic heterocycles. The number of pyridine rings is 4. The predicted molar refractivity (Wildman–Crippen MR) is 384 cm³/mol. The number of nitrogens with zero attached hydrogens (tertiary/aromatic N) is 4. The minimum atomic E-state index is 0. The van der Waals surface area contributed by atoms with E-state index in [1.807, 2.05) is 53.3 Å². The Kier molecular flexibility index (Phi) is 17.8. The molecule has 0 saturated heterocycles. The van der Waals surface area contributed by atoms with Crippen LogP contribution in [0.2, 0.25) is 0 Å². The van der Waals surface area contributed by atoms with E-state index in [1.165, 1.54) is 83.2 Å². The molecule has 0 amide bonds. The number of fused-ring (bicyclic) bond motifs is 8. The molecule has 0 radical (unpaired) electrons. The van der Waals surface area contributed by atoms with Crippen molar-refractivity contribution >= 4 is 66.4 Å². The van der Waals surface area contributed by atoms with Crippen molar-refractivity contribution in [1.29, 1.82) is 0 Å². The summed E-state index contributed by atoms with van der Waals surface area (Å²) < 4.78 is 3.63. The van der Waals surface area contributed by atoms with Crippen LogP contribution in [-0.4, -0.2) is 55.4 Å². The van der Waals surface area contributed by atoms with Crippen molar-refractivity contribution in [3.8, 4) is 0 Å². The number of rotatable bonds is 0. The zero-order chi connectivity index (χ0) is 65.6. The third kappa shape index (κ3) is 11.3. The summed E-state index contributed by atoms with van der Waals surface area (Å²) in [7, 11) is 8.13. The standard InChI is InChI=1S/C20H28N2O.2C19H26N2O.C18H24N2O.CH4/c1-11-10-20(5,6)22(8)18-14(4)17-16(9-15(11)18)12(2)13(3)19(23)21(17)7;1-10-9-19(5,6)21(7)17-13(4)16-15(8-14(10)17)11(2)12(3)18(22)20-16;1-10-9-19(5,6)20-16-13(4)17-15(8-14(10)16)11(2)12(3)18(22)21(17)7;1-9-8-18(5,6)20-16-12(4)15-14(7-13(9)16)10(2)11(3)17(21)19-15;/h9,11H,10H2,1-8H3;8,10H,9H2,1-7H3,(H,20,22);8,10,20H,9H2,1-7H3;7,9,20H,8H2,1-6H3,(H,19,21);1H4. The van der Waals surface area contributed by atoms with Gasteiger partial charge in [-0.2, -0.15) is 0 Å². The molecule has 4 aromatic carbocycles. The van der Waals surface area contributed by atoms with Gasteiger partial charge in [-0.15, -0.1) is 0 Å². The number of anilines is 4. The van der Waals surface area contributed by atoms with E-state index in [0.717, 1.165) is 97.8 Å². The molecule has 0 saturated carbocycles. The first kappa shape index (κ1) is 67.8. The summed E-state index contributed by atoms with van der Waals surface area (Å²) >= 11 is 0. The molecule has 8 heterocycles. The van der Waals surface area contributed by atoms with Gasteiger partial charge in [-0.25, -0.2) is 0 Å². The second-order valence-corrected chi connectivity index (χ2v) is 30.3. The molecule has 0 bridgehead atoms. The molecule has 4 aliphatic heterocycles. The van der Waals surface area contributed by atoms with Gasteiger partial charge in [0.1, 0.15) is 0 Å². The van der Waals surface area contributed by atoms with E-state index in [-0.39, 0.29) is 51.8 Å². The van der Waals surface area contributed by atoms with Crippen LogP contribution in [0.1, 0.15) is 229 Å². The SMILES string of the molecule is C.Cc1c(C)c2cc3c(c(C)c2[nH]c1=O)N(C)C(C)(C)CC3C.Cc1c(C)c2cc3c(c(C)c2[nH]c1=O)NC(C)(C)CC3C.Cc1c(C)c2cc3c(c(C)c2n(C)c1=O)N(C)C(C)(C)CC3C.Cc1c(C)c2cc3c(c(C)c2n(C)c1=O)NC(C)(C)CC3C. The van der Waals surface area contributed by atoms with Gasteiger partial charge in [-0.1, -0.05) is 35.1 Å². The summed E-state index contributed by atoms with van der Waals surface area (Å²) in [6, 6.07) is 9.19. The van der Waals surface area contributed by atoms with Crippen LogP contribution in [0.25, 0.3) is 43.6 Å². The highest BCUT2D eigenvalue weighted by Gasteiger charge is 2.39. The molecular formula is C77H108N8O4. The van der Waals surface area contributed by atoms with Crippen LogP contribution in [0.3, 0.4) is 0 Å². The predicted octanol–water partition coefficient (Wildman–Crippen LogP) is 17.3. The lowest BCUT2D eigenvalue weighted by Gasteiger charge is -2.46. The second kappa shape index (κ2) is 23.3. The van der Waals surface area contributed by atoms with Crippen molar-refractivity contribution in [3.05, 3.63) is 155 Å². The number of nitrogens with one attached hydrogen (secondary N) is 4. The summed E-state index contributed by atoms with van der Waals surface area (Å²) in [5, 5.41) is 12.2. The lowest BCUT2D eigenvalue weighted by atomic mass is 9.78. The molecule has 4 atom stereocenters. The maximum atomic E-state index is 12.5. The molecule has 8 aromatic rings. The van der Waals surface area contributed by atoms with Gasteiger partial charge >= 0.3 is 0 Å². The molecule has 89 heavy (non-hydrogen) atoms. The van der Waals surface area contributed by atoms with Crippen molar-refractivity contribution in [2.75, 3.05) is 34.5 Å². The zero-order valence-corrected chi connectivity index (χ0v) is 58.9. The Morgan fingerprint density at radius 1 is 0.371 bits per heavy atom. The van der Waals surface area contributed by atoms with E-state index in [9.17, 15) is 19.2 Å². The minimum absolute atomic E-state index is 0. The van der Waals surface area contributed by atoms with Crippen LogP contribution in [-0.2, 0) is 14.1 Å². The Hall–Kier alpha value is -7.08. The van der Waals surface area contributed by atoms with E-state index in [4.69, 9.17) is 0 Å². The van der Waals surface area contributed by atoms with E-state index in [1.54, 1.807) is 4.57 Å². The summed E-state index contributed by atoms with van der Waals surface area (Å²) in [6.45, 7) is 51.8. The molecule has 12 nitrogen and oxygen atoms in total. The summed E-state index contributed by atoms with van der Waals surface area (Å²) in [5.41, 5.74) is 27.9. The molecule has 0 fully saturated rings. The highest BCUT2D eigenvalue weighted by atomic mass is 16.1. The van der Waals surface area contributed by atoms with E-state index >= 15 is 0 Å². The number of aryl methyl sites for hydroxylation is 10. The Labute approximate surface area is 531 Å². The van der Waals surface area contributed by atoms with E-state index < -0.39 is 0 Å². The quantitative estimate of drug-likeness (QED) is 0.118. The zero-order valence-electron chi connectivity index (χ0n) is 58.9. The molecule has 4 N–H and O–H groups in total. The van der Waals surface area contributed by atoms with Crippen molar-refractivity contribution in [2.45, 2.75) is 245 Å². The highest BCUT2D eigenvalue weighted by Crippen LogP contribution is 2.49. The molecule has 4 unspecified atom stereocenters. The number of benzene rings is 4. The van der Waals surface area contributed by atoms with Crippen LogP contribution < -0.4 is 42.7 Å². The highest BCUT2D eigenvalue weighted by molar-refractivity contribution is 5.96. The van der Waals surface area contributed by atoms with Crippen LogP contribution in [0, 0.1) is 83.1 Å². The fourth-order valence-corrected chi connectivity index (χ4v) is 16.2. The lowest BCUT2D eigenvalue weighted by Crippen LogP contribution is -2.46. The average molecular weight is 1210 g/mol. The normalized spacial score (nSPS) is 19.9. The number of hydrogen-bond acceptors (Lipinski definition) is 8. The van der Waals surface area contributed by atoms with E-state index in [2.05, 4.69) is 200 Å². The minimum Gasteiger partial charge on any atom is -0.380 e. The third-order valence-electron chi connectivity index (χ3n) is 22.0. The van der Waals surface area contributed by atoms with Crippen LogP contribution in [0.4, 0.5) is 22.7 Å². The molecule has 4 aliphatic rings. The summed E-state index contributed by atoms with van der Waals surface area (Å²) in [5.74, 6) is 2.09. The fourth-order valence-electron chi connectivity index (χ4n) is 16.2. The van der Waals surface area contributed by atoms with Crippen molar-refractivity contribution in [2.24, 2.45) is 14.1 Å². The molecule has 12 heteroatoms. The molecule has 0 spiro atoms. The molecule has 0 aliphatic carbocycles. The molecule has 12 rings (SSSR count). The molecular weight excluding hydrogens is 1100 g/mol. The summed E-state index contributed by atoms with van der Waals surface area (Å²) in [6.07, 6.45) is 4.52. The average Bonchev–Trinajstić information content (AvgIpc) is 0.895. The first-order valence-corrected chi connectivity index (χ1v) is 32.2. The first-order chi connectivity index (χ1) is 40.6. The fraction of sp³-hybridized carbons (Fsp3) is 0.532. The Balaban J connectivity index is 0.000000153. The Morgan fingerprint density at radius 3 is 1.08 bits per heavy atom. The molecule has 480 valence electrons. The summed E-state index contributed by atoms with van der Waals surface area (Å²) in [4.78, 5) is 60.2. The maximum absolute atomic E-state index is 12.5. The van der Waals surface area contributed by atoms with Gasteiger partial charge < -0.3 is 39.5 Å². The first-order valence-electron chi connectivity index (χ1n) is 32.2. The van der Waals surface area contributed by atoms with Gasteiger partial charge in [0.15, 0.2) is 0 Å².